The first-order valence-corrected chi connectivity index (χ1v) is 15.8. The fourth-order valence-corrected chi connectivity index (χ4v) is 7.08. The van der Waals surface area contributed by atoms with Gasteiger partial charge in [0.15, 0.2) is 0 Å². The normalized spacial score (nSPS) is 20.9. The molecule has 0 bridgehead atoms. The van der Waals surface area contributed by atoms with Gasteiger partial charge in [-0.15, -0.1) is 0 Å². The Hall–Kier alpha value is -2.13. The average Bonchev–Trinajstić information content (AvgIpc) is 3.32. The van der Waals surface area contributed by atoms with Gasteiger partial charge < -0.3 is 19.9 Å². The van der Waals surface area contributed by atoms with Gasteiger partial charge in [0, 0.05) is 44.1 Å². The highest BCUT2D eigenvalue weighted by atomic mass is 32.2. The van der Waals surface area contributed by atoms with Gasteiger partial charge >= 0.3 is 0 Å². The van der Waals surface area contributed by atoms with Crippen molar-refractivity contribution < 1.29 is 31.4 Å². The van der Waals surface area contributed by atoms with E-state index in [0.29, 0.717) is 44.7 Å². The van der Waals surface area contributed by atoms with Crippen LogP contribution < -0.4 is 14.8 Å². The number of aliphatic hydroxyl groups excluding tert-OH is 1. The van der Waals surface area contributed by atoms with Crippen molar-refractivity contribution in [3.8, 4) is 5.75 Å². The summed E-state index contributed by atoms with van der Waals surface area (Å²) in [5.41, 5.74) is 0.600. The van der Waals surface area contributed by atoms with E-state index >= 15 is 0 Å². The summed E-state index contributed by atoms with van der Waals surface area (Å²) in [5, 5.41) is 13.7. The molecule has 0 saturated carbocycles. The zero-order chi connectivity index (χ0) is 27.2. The summed E-state index contributed by atoms with van der Waals surface area (Å²) < 4.78 is 65.1. The number of sulfonamides is 2. The summed E-state index contributed by atoms with van der Waals surface area (Å²) in [6.45, 7) is 1.65. The third-order valence-corrected chi connectivity index (χ3v) is 10.4. The molecule has 1 spiro atoms. The van der Waals surface area contributed by atoms with E-state index in [1.54, 1.807) is 28.8 Å². The lowest BCUT2D eigenvalue weighted by atomic mass is 9.88. The molecule has 13 heteroatoms. The maximum atomic E-state index is 12.8. The van der Waals surface area contributed by atoms with Gasteiger partial charge in [-0.05, 0) is 62.6 Å². The zero-order valence-electron chi connectivity index (χ0n) is 21.5. The third kappa shape index (κ3) is 7.50. The Kier molecular flexibility index (Phi) is 9.40. The second kappa shape index (κ2) is 12.4. The van der Waals surface area contributed by atoms with Gasteiger partial charge in [-0.2, -0.15) is 0 Å². The smallest absolute Gasteiger partial charge is 0.240 e. The Balaban J connectivity index is 1.18. The maximum absolute atomic E-state index is 12.8. The Morgan fingerprint density at radius 3 is 2.63 bits per heavy atom. The second-order valence-corrected chi connectivity index (χ2v) is 13.7. The molecule has 2 saturated heterocycles. The number of pyridine rings is 1. The van der Waals surface area contributed by atoms with Gasteiger partial charge in [-0.25, -0.2) is 25.9 Å². The van der Waals surface area contributed by atoms with Gasteiger partial charge in [0.25, 0.3) is 0 Å². The van der Waals surface area contributed by atoms with E-state index in [0.717, 1.165) is 12.0 Å². The van der Waals surface area contributed by atoms with Crippen molar-refractivity contribution in [3.05, 3.63) is 54.4 Å². The maximum Gasteiger partial charge on any atom is 0.240 e. The summed E-state index contributed by atoms with van der Waals surface area (Å²) in [7, 11) is -5.59. The van der Waals surface area contributed by atoms with Crippen molar-refractivity contribution in [1.82, 2.24) is 19.3 Å². The molecule has 3 N–H and O–H groups in total. The SMILES string of the molecule is CNS(=O)(=O)c1cccc(OCC(O)CNC2COC3(CCN(S(=O)(=O)CCc4ccncc4)CC3)C2)c1. The van der Waals surface area contributed by atoms with Crippen LogP contribution in [-0.4, -0.2) is 94.6 Å². The van der Waals surface area contributed by atoms with Crippen LogP contribution in [0.1, 0.15) is 24.8 Å². The molecule has 4 rings (SSSR count). The molecule has 2 aliphatic rings. The number of aromatic nitrogens is 1. The fourth-order valence-electron chi connectivity index (χ4n) is 4.82. The van der Waals surface area contributed by atoms with Crippen molar-refractivity contribution in [2.45, 2.75) is 48.3 Å². The Morgan fingerprint density at radius 2 is 1.92 bits per heavy atom. The molecular formula is C25H36N4O7S2. The molecule has 2 aromatic rings. The minimum Gasteiger partial charge on any atom is -0.491 e. The van der Waals surface area contributed by atoms with Crippen LogP contribution in [0.25, 0.3) is 0 Å². The highest BCUT2D eigenvalue weighted by Crippen LogP contribution is 2.36. The summed E-state index contributed by atoms with van der Waals surface area (Å²) in [6, 6.07) is 9.80. The Morgan fingerprint density at radius 1 is 1.18 bits per heavy atom. The fraction of sp³-hybridized carbons (Fsp3) is 0.560. The quantitative estimate of drug-likeness (QED) is 0.333. The van der Waals surface area contributed by atoms with Crippen LogP contribution in [0.5, 0.6) is 5.75 Å². The van der Waals surface area contributed by atoms with Gasteiger partial charge in [-0.3, -0.25) is 4.98 Å². The number of aliphatic hydroxyl groups is 1. The second-order valence-electron chi connectivity index (χ2n) is 9.77. The van der Waals surface area contributed by atoms with Crippen molar-refractivity contribution in [3.63, 3.8) is 0 Å². The molecule has 1 aromatic heterocycles. The lowest BCUT2D eigenvalue weighted by molar-refractivity contribution is -0.0312. The Bertz CT molecular complexity index is 1270. The molecule has 0 amide bonds. The summed E-state index contributed by atoms with van der Waals surface area (Å²) in [6.07, 6.45) is 5.01. The monoisotopic (exact) mass is 568 g/mol. The van der Waals surface area contributed by atoms with Crippen molar-refractivity contribution in [1.29, 1.82) is 0 Å². The molecule has 210 valence electrons. The van der Waals surface area contributed by atoms with Crippen LogP contribution >= 0.6 is 0 Å². The zero-order valence-corrected chi connectivity index (χ0v) is 23.1. The molecule has 0 radical (unpaired) electrons. The van der Waals surface area contributed by atoms with Crippen LogP contribution in [0.2, 0.25) is 0 Å². The van der Waals surface area contributed by atoms with Crippen LogP contribution in [0, 0.1) is 0 Å². The van der Waals surface area contributed by atoms with E-state index in [4.69, 9.17) is 9.47 Å². The van der Waals surface area contributed by atoms with Gasteiger partial charge in [-0.1, -0.05) is 6.07 Å². The number of benzene rings is 1. The summed E-state index contributed by atoms with van der Waals surface area (Å²) >= 11 is 0. The molecule has 2 atom stereocenters. The van der Waals surface area contributed by atoms with Crippen molar-refractivity contribution in [2.75, 3.05) is 45.6 Å². The topological polar surface area (TPSA) is 147 Å². The molecule has 3 heterocycles. The first kappa shape index (κ1) is 28.9. The lowest BCUT2D eigenvalue weighted by Crippen LogP contribution is -2.47. The standard InChI is InChI=1S/C25H36N4O7S2/c1-26-38(33,34)24-4-2-3-23(15-24)35-19-22(30)17-28-21-16-25(36-18-21)8-12-29(13-9-25)37(31,32)14-7-20-5-10-27-11-6-20/h2-6,10-11,15,21-22,26,28,30H,7-9,12-14,16-19H2,1H3. The van der Waals surface area contributed by atoms with Crippen molar-refractivity contribution >= 4 is 20.0 Å². The number of nitrogens with zero attached hydrogens (tertiary/aromatic N) is 2. The highest BCUT2D eigenvalue weighted by Gasteiger charge is 2.44. The largest absolute Gasteiger partial charge is 0.491 e. The van der Waals surface area contributed by atoms with E-state index in [1.807, 2.05) is 12.1 Å². The van der Waals surface area contributed by atoms with E-state index in [2.05, 4.69) is 15.0 Å². The molecule has 2 fully saturated rings. The number of ether oxygens (including phenoxy) is 2. The number of rotatable bonds is 12. The first-order chi connectivity index (χ1) is 18.1. The summed E-state index contributed by atoms with van der Waals surface area (Å²) in [4.78, 5) is 4.05. The predicted molar refractivity (Wildman–Crippen MR) is 142 cm³/mol. The Labute approximate surface area is 224 Å². The first-order valence-electron chi connectivity index (χ1n) is 12.7. The van der Waals surface area contributed by atoms with E-state index in [1.165, 1.54) is 19.2 Å². The van der Waals surface area contributed by atoms with Gasteiger partial charge in [0.1, 0.15) is 18.5 Å². The predicted octanol–water partition coefficient (Wildman–Crippen LogP) is 0.515. The van der Waals surface area contributed by atoms with Crippen LogP contribution in [0.3, 0.4) is 0 Å². The molecule has 11 nitrogen and oxygen atoms in total. The molecule has 38 heavy (non-hydrogen) atoms. The lowest BCUT2D eigenvalue weighted by Gasteiger charge is -2.38. The number of hydrogen-bond acceptors (Lipinski definition) is 9. The van der Waals surface area contributed by atoms with Gasteiger partial charge in [0.2, 0.25) is 20.0 Å². The van der Waals surface area contributed by atoms with Crippen LogP contribution in [0.4, 0.5) is 0 Å². The van der Waals surface area contributed by atoms with Gasteiger partial charge in [0.05, 0.1) is 22.9 Å². The van der Waals surface area contributed by atoms with E-state index in [-0.39, 0.29) is 35.4 Å². The van der Waals surface area contributed by atoms with Crippen LogP contribution in [0.15, 0.2) is 53.7 Å². The number of aryl methyl sites for hydroxylation is 1. The third-order valence-electron chi connectivity index (χ3n) is 7.10. The van der Waals surface area contributed by atoms with E-state index in [9.17, 15) is 21.9 Å². The number of nitrogens with one attached hydrogen (secondary N) is 2. The molecule has 2 aliphatic heterocycles. The minimum atomic E-state index is -3.58. The highest BCUT2D eigenvalue weighted by molar-refractivity contribution is 7.89. The molecule has 0 aliphatic carbocycles. The van der Waals surface area contributed by atoms with E-state index < -0.39 is 26.2 Å². The molecular weight excluding hydrogens is 532 g/mol. The molecule has 2 unspecified atom stereocenters. The van der Waals surface area contributed by atoms with Crippen LogP contribution in [-0.2, 0) is 31.2 Å². The average molecular weight is 569 g/mol. The number of hydrogen-bond donors (Lipinski definition) is 3. The molecule has 1 aromatic carbocycles. The minimum absolute atomic E-state index is 0.00108. The van der Waals surface area contributed by atoms with Crippen molar-refractivity contribution in [2.24, 2.45) is 0 Å². The number of piperidine rings is 1. The summed E-state index contributed by atoms with van der Waals surface area (Å²) in [5.74, 6) is 0.427.